The van der Waals surface area contributed by atoms with E-state index in [9.17, 15) is 0 Å². The van der Waals surface area contributed by atoms with Crippen molar-refractivity contribution in [2.75, 3.05) is 0 Å². The monoisotopic (exact) mass is 166 g/mol. The summed E-state index contributed by atoms with van der Waals surface area (Å²) < 4.78 is 0. The van der Waals surface area contributed by atoms with Crippen molar-refractivity contribution in [2.45, 2.75) is 31.6 Å². The highest BCUT2D eigenvalue weighted by atomic mass is 35.5. The van der Waals surface area contributed by atoms with Gasteiger partial charge in [0.05, 0.1) is 0 Å². The molecule has 0 saturated carbocycles. The molecular weight excluding hydrogens is 155 g/mol. The van der Waals surface area contributed by atoms with Gasteiger partial charge >= 0.3 is 0 Å². The first kappa shape index (κ1) is 9.32. The van der Waals surface area contributed by atoms with Crippen LogP contribution in [0, 0.1) is 0 Å². The van der Waals surface area contributed by atoms with Crippen LogP contribution in [0.4, 0.5) is 0 Å². The van der Waals surface area contributed by atoms with Gasteiger partial charge < -0.3 is 0 Å². The Bertz CT molecular complexity index is 100.0. The largest absolute Gasteiger partial charge is 0.120 e. The third-order valence-electron chi connectivity index (χ3n) is 0.991. The molecule has 9 heavy (non-hydrogen) atoms. The molecule has 0 aliphatic rings. The summed E-state index contributed by atoms with van der Waals surface area (Å²) in [5.74, 6) is 0. The summed E-state index contributed by atoms with van der Waals surface area (Å²) in [6.45, 7) is 7.50. The lowest BCUT2D eigenvalue weighted by Gasteiger charge is -2.13. The minimum atomic E-state index is -0.141. The molecule has 0 fully saturated rings. The van der Waals surface area contributed by atoms with Gasteiger partial charge in [0.2, 0.25) is 0 Å². The average molecular weight is 167 g/mol. The lowest BCUT2D eigenvalue weighted by Crippen LogP contribution is -2.08. The van der Waals surface area contributed by atoms with Gasteiger partial charge in [-0.15, -0.1) is 11.6 Å². The van der Waals surface area contributed by atoms with Crippen molar-refractivity contribution in [1.29, 1.82) is 0 Å². The zero-order valence-corrected chi connectivity index (χ0v) is 7.39. The maximum atomic E-state index is 5.88. The molecule has 0 aromatic heterocycles. The first-order valence-electron chi connectivity index (χ1n) is 2.94. The van der Waals surface area contributed by atoms with Gasteiger partial charge in [-0.2, -0.15) is 0 Å². The standard InChI is InChI=1S/C7H12Cl2/c1-6(8)4-5-7(2,3)9/h1,4-5H2,2-3H3. The van der Waals surface area contributed by atoms with Crippen molar-refractivity contribution in [2.24, 2.45) is 0 Å². The first-order valence-corrected chi connectivity index (χ1v) is 3.69. The highest BCUT2D eigenvalue weighted by Crippen LogP contribution is 2.22. The van der Waals surface area contributed by atoms with Crippen LogP contribution in [-0.2, 0) is 0 Å². The van der Waals surface area contributed by atoms with Gasteiger partial charge in [-0.25, -0.2) is 0 Å². The Kier molecular flexibility index (Phi) is 3.60. The molecule has 0 spiro atoms. The second-order valence-corrected chi connectivity index (χ2v) is 4.29. The SMILES string of the molecule is C=C(Cl)CCC(C)(C)Cl. The summed E-state index contributed by atoms with van der Waals surface area (Å²) in [6, 6.07) is 0. The van der Waals surface area contributed by atoms with Crippen molar-refractivity contribution >= 4 is 23.2 Å². The lowest BCUT2D eigenvalue weighted by molar-refractivity contribution is 0.633. The average Bonchev–Trinajstić information content (AvgIpc) is 1.59. The van der Waals surface area contributed by atoms with E-state index < -0.39 is 0 Å². The van der Waals surface area contributed by atoms with E-state index in [4.69, 9.17) is 23.2 Å². The van der Waals surface area contributed by atoms with E-state index in [2.05, 4.69) is 6.58 Å². The molecule has 0 N–H and O–H groups in total. The highest BCUT2D eigenvalue weighted by Gasteiger charge is 2.11. The van der Waals surface area contributed by atoms with Crippen LogP contribution in [0.5, 0.6) is 0 Å². The molecule has 0 unspecified atom stereocenters. The molecule has 0 heterocycles. The second-order valence-electron chi connectivity index (χ2n) is 2.74. The minimum absolute atomic E-state index is 0.141. The zero-order chi connectivity index (χ0) is 7.49. The van der Waals surface area contributed by atoms with Gasteiger partial charge in [-0.05, 0) is 26.7 Å². The lowest BCUT2D eigenvalue weighted by atomic mass is 10.1. The fourth-order valence-corrected chi connectivity index (χ4v) is 0.622. The van der Waals surface area contributed by atoms with Crippen LogP contribution in [0.15, 0.2) is 11.6 Å². The fourth-order valence-electron chi connectivity index (χ4n) is 0.433. The van der Waals surface area contributed by atoms with Crippen LogP contribution in [-0.4, -0.2) is 4.87 Å². The van der Waals surface area contributed by atoms with Crippen molar-refractivity contribution in [3.05, 3.63) is 11.6 Å². The Morgan fingerprint density at radius 1 is 1.56 bits per heavy atom. The van der Waals surface area contributed by atoms with E-state index in [0.29, 0.717) is 5.03 Å². The third kappa shape index (κ3) is 8.32. The molecule has 0 aliphatic carbocycles. The number of hydrogen-bond donors (Lipinski definition) is 0. The summed E-state index contributed by atoms with van der Waals surface area (Å²) in [7, 11) is 0. The summed E-state index contributed by atoms with van der Waals surface area (Å²) in [6.07, 6.45) is 1.69. The van der Waals surface area contributed by atoms with Crippen LogP contribution < -0.4 is 0 Å². The van der Waals surface area contributed by atoms with Gasteiger partial charge in [0.15, 0.2) is 0 Å². The number of rotatable bonds is 3. The van der Waals surface area contributed by atoms with E-state index in [-0.39, 0.29) is 4.87 Å². The fraction of sp³-hybridized carbons (Fsp3) is 0.714. The Balaban J connectivity index is 3.39. The van der Waals surface area contributed by atoms with Crippen molar-refractivity contribution in [3.8, 4) is 0 Å². The number of hydrogen-bond acceptors (Lipinski definition) is 0. The Morgan fingerprint density at radius 2 is 2.00 bits per heavy atom. The van der Waals surface area contributed by atoms with Gasteiger partial charge in [0, 0.05) is 9.91 Å². The van der Waals surface area contributed by atoms with Crippen LogP contribution >= 0.6 is 23.2 Å². The normalized spacial score (nSPS) is 11.6. The maximum absolute atomic E-state index is 5.88. The third-order valence-corrected chi connectivity index (χ3v) is 1.37. The van der Waals surface area contributed by atoms with Gasteiger partial charge in [0.1, 0.15) is 0 Å². The van der Waals surface area contributed by atoms with Crippen molar-refractivity contribution in [1.82, 2.24) is 0 Å². The molecule has 0 aliphatic heterocycles. The Morgan fingerprint density at radius 3 is 2.11 bits per heavy atom. The second kappa shape index (κ2) is 3.48. The molecular formula is C7H12Cl2. The topological polar surface area (TPSA) is 0 Å². The molecule has 2 heteroatoms. The quantitative estimate of drug-likeness (QED) is 0.564. The molecule has 0 amide bonds. The molecule has 0 saturated heterocycles. The highest BCUT2D eigenvalue weighted by molar-refractivity contribution is 6.29. The minimum Gasteiger partial charge on any atom is -0.120 e. The van der Waals surface area contributed by atoms with E-state index >= 15 is 0 Å². The molecule has 0 bridgehead atoms. The van der Waals surface area contributed by atoms with E-state index in [0.717, 1.165) is 12.8 Å². The van der Waals surface area contributed by atoms with Crippen LogP contribution in [0.3, 0.4) is 0 Å². The van der Waals surface area contributed by atoms with Crippen LogP contribution in [0.25, 0.3) is 0 Å². The maximum Gasteiger partial charge on any atom is 0.0394 e. The Labute approximate surface area is 66.8 Å². The molecule has 0 nitrogen and oxygen atoms in total. The summed E-state index contributed by atoms with van der Waals surface area (Å²) in [5, 5.41) is 0.684. The summed E-state index contributed by atoms with van der Waals surface area (Å²) in [4.78, 5) is -0.141. The predicted octanol–water partition coefficient (Wildman–Crippen LogP) is 3.54. The molecule has 54 valence electrons. The van der Waals surface area contributed by atoms with Crippen molar-refractivity contribution < 1.29 is 0 Å². The van der Waals surface area contributed by atoms with E-state index in [1.54, 1.807) is 0 Å². The zero-order valence-electron chi connectivity index (χ0n) is 5.88. The summed E-state index contributed by atoms with van der Waals surface area (Å²) in [5.41, 5.74) is 0. The van der Waals surface area contributed by atoms with Gasteiger partial charge in [-0.3, -0.25) is 0 Å². The predicted molar refractivity (Wildman–Crippen MR) is 44.2 cm³/mol. The Hall–Kier alpha value is 0.320. The van der Waals surface area contributed by atoms with Crippen LogP contribution in [0.2, 0.25) is 0 Å². The van der Waals surface area contributed by atoms with E-state index in [1.165, 1.54) is 0 Å². The van der Waals surface area contributed by atoms with Gasteiger partial charge in [0.25, 0.3) is 0 Å². The van der Waals surface area contributed by atoms with Gasteiger partial charge in [-0.1, -0.05) is 18.2 Å². The number of alkyl halides is 1. The molecule has 0 atom stereocenters. The number of allylic oxidation sites excluding steroid dienone is 1. The molecule has 0 aromatic carbocycles. The smallest absolute Gasteiger partial charge is 0.0394 e. The van der Waals surface area contributed by atoms with Crippen molar-refractivity contribution in [3.63, 3.8) is 0 Å². The van der Waals surface area contributed by atoms with E-state index in [1.807, 2.05) is 13.8 Å². The first-order chi connectivity index (χ1) is 3.92. The molecule has 0 rings (SSSR count). The molecule has 0 aromatic rings. The van der Waals surface area contributed by atoms with Crippen LogP contribution in [0.1, 0.15) is 26.7 Å². The molecule has 0 radical (unpaired) electrons. The summed E-state index contributed by atoms with van der Waals surface area (Å²) >= 11 is 11.4. The number of halogens is 2.